The van der Waals surface area contributed by atoms with E-state index in [9.17, 15) is 4.79 Å². The number of aromatic nitrogens is 1. The Morgan fingerprint density at radius 2 is 1.96 bits per heavy atom. The summed E-state index contributed by atoms with van der Waals surface area (Å²) in [4.78, 5) is 15.8. The first-order chi connectivity index (χ1) is 11.7. The van der Waals surface area contributed by atoms with Crippen LogP contribution in [0, 0.1) is 0 Å². The van der Waals surface area contributed by atoms with Crippen molar-refractivity contribution >= 4 is 28.5 Å². The van der Waals surface area contributed by atoms with Gasteiger partial charge in [0.25, 0.3) is 0 Å². The Kier molecular flexibility index (Phi) is 4.03. The SMILES string of the molecule is O=C(OCc1ccccc1Cl)c1ccc2c3c([nH]c2c1)CCCC3. The van der Waals surface area contributed by atoms with Crippen molar-refractivity contribution in [2.45, 2.75) is 32.3 Å². The molecule has 3 nitrogen and oxygen atoms in total. The number of hydrogen-bond donors (Lipinski definition) is 1. The summed E-state index contributed by atoms with van der Waals surface area (Å²) in [6.45, 7) is 0.178. The minimum Gasteiger partial charge on any atom is -0.457 e. The number of rotatable bonds is 3. The highest BCUT2D eigenvalue weighted by Gasteiger charge is 2.17. The maximum absolute atomic E-state index is 12.3. The van der Waals surface area contributed by atoms with Crippen molar-refractivity contribution in [1.82, 2.24) is 4.98 Å². The van der Waals surface area contributed by atoms with Crippen molar-refractivity contribution < 1.29 is 9.53 Å². The minimum atomic E-state index is -0.329. The molecule has 0 saturated heterocycles. The van der Waals surface area contributed by atoms with Gasteiger partial charge in [0.15, 0.2) is 0 Å². The lowest BCUT2D eigenvalue weighted by atomic mass is 9.95. The predicted molar refractivity (Wildman–Crippen MR) is 95.5 cm³/mol. The first-order valence-electron chi connectivity index (χ1n) is 8.26. The molecule has 0 atom stereocenters. The number of ether oxygens (including phenoxy) is 1. The van der Waals surface area contributed by atoms with Crippen LogP contribution < -0.4 is 0 Å². The molecule has 3 aromatic rings. The molecule has 1 aliphatic rings. The topological polar surface area (TPSA) is 42.1 Å². The maximum atomic E-state index is 12.3. The molecule has 1 aromatic heterocycles. The number of aryl methyl sites for hydroxylation is 2. The zero-order valence-corrected chi connectivity index (χ0v) is 14.0. The van der Waals surface area contributed by atoms with Gasteiger partial charge in [0.2, 0.25) is 0 Å². The van der Waals surface area contributed by atoms with Gasteiger partial charge in [-0.3, -0.25) is 0 Å². The van der Waals surface area contributed by atoms with E-state index in [0.717, 1.165) is 23.9 Å². The number of hydrogen-bond acceptors (Lipinski definition) is 2. The molecule has 2 aromatic carbocycles. The fourth-order valence-electron chi connectivity index (χ4n) is 3.38. The summed E-state index contributed by atoms with van der Waals surface area (Å²) in [5.41, 5.74) is 5.12. The zero-order chi connectivity index (χ0) is 16.5. The van der Waals surface area contributed by atoms with Gasteiger partial charge in [0.1, 0.15) is 6.61 Å². The molecule has 1 heterocycles. The van der Waals surface area contributed by atoms with Crippen molar-refractivity contribution in [1.29, 1.82) is 0 Å². The number of nitrogens with one attached hydrogen (secondary N) is 1. The third-order valence-electron chi connectivity index (χ3n) is 4.65. The van der Waals surface area contributed by atoms with Crippen molar-refractivity contribution in [3.8, 4) is 0 Å². The van der Waals surface area contributed by atoms with E-state index in [4.69, 9.17) is 16.3 Å². The molecule has 0 unspecified atom stereocenters. The standard InChI is InChI=1S/C20H18ClNO2/c21-17-7-3-1-5-14(17)12-24-20(23)13-9-10-16-15-6-2-4-8-18(15)22-19(16)11-13/h1,3,5,7,9-11,22H,2,4,6,8,12H2. The lowest BCUT2D eigenvalue weighted by Gasteiger charge is -2.10. The summed E-state index contributed by atoms with van der Waals surface area (Å²) in [5, 5.41) is 1.84. The Bertz CT molecular complexity index is 913. The van der Waals surface area contributed by atoms with E-state index in [2.05, 4.69) is 4.98 Å². The predicted octanol–water partition coefficient (Wildman–Crippen LogP) is 5.06. The molecule has 1 N–H and O–H groups in total. The number of halogens is 1. The summed E-state index contributed by atoms with van der Waals surface area (Å²) in [5.74, 6) is -0.329. The van der Waals surface area contributed by atoms with Gasteiger partial charge in [-0.15, -0.1) is 0 Å². The number of carbonyl (C=O) groups is 1. The Balaban J connectivity index is 1.55. The van der Waals surface area contributed by atoms with Crippen LogP contribution in [-0.4, -0.2) is 11.0 Å². The number of fused-ring (bicyclic) bond motifs is 3. The number of H-pyrrole nitrogens is 1. The molecule has 24 heavy (non-hydrogen) atoms. The molecule has 4 heteroatoms. The summed E-state index contributed by atoms with van der Waals surface area (Å²) >= 11 is 6.09. The molecule has 0 spiro atoms. The highest BCUT2D eigenvalue weighted by molar-refractivity contribution is 6.31. The normalized spacial score (nSPS) is 13.7. The van der Waals surface area contributed by atoms with Crippen LogP contribution in [0.5, 0.6) is 0 Å². The summed E-state index contributed by atoms with van der Waals surface area (Å²) in [7, 11) is 0. The molecule has 0 radical (unpaired) electrons. The van der Waals surface area contributed by atoms with Gasteiger partial charge in [-0.1, -0.05) is 35.9 Å². The highest BCUT2D eigenvalue weighted by Crippen LogP contribution is 2.29. The first kappa shape index (κ1) is 15.3. The first-order valence-corrected chi connectivity index (χ1v) is 8.64. The van der Waals surface area contributed by atoms with Gasteiger partial charge in [-0.05, 0) is 49.4 Å². The average Bonchev–Trinajstić information content (AvgIpc) is 2.98. The van der Waals surface area contributed by atoms with Crippen LogP contribution in [0.25, 0.3) is 10.9 Å². The molecule has 0 fully saturated rings. The number of carbonyl (C=O) groups excluding carboxylic acids is 1. The Morgan fingerprint density at radius 3 is 2.83 bits per heavy atom. The van der Waals surface area contributed by atoms with Crippen molar-refractivity contribution in [3.05, 3.63) is 69.9 Å². The lowest BCUT2D eigenvalue weighted by molar-refractivity contribution is 0.0473. The molecule has 4 rings (SSSR count). The van der Waals surface area contributed by atoms with Crippen LogP contribution in [0.15, 0.2) is 42.5 Å². The van der Waals surface area contributed by atoms with Gasteiger partial charge in [-0.25, -0.2) is 4.79 Å². The van der Waals surface area contributed by atoms with Crippen LogP contribution in [0.4, 0.5) is 0 Å². The monoisotopic (exact) mass is 339 g/mol. The van der Waals surface area contributed by atoms with Gasteiger partial charge < -0.3 is 9.72 Å². The van der Waals surface area contributed by atoms with Crippen molar-refractivity contribution in [2.24, 2.45) is 0 Å². The molecule has 0 aliphatic heterocycles. The largest absolute Gasteiger partial charge is 0.457 e. The Hall–Kier alpha value is -2.26. The summed E-state index contributed by atoms with van der Waals surface area (Å²) in [6, 6.07) is 13.2. The summed E-state index contributed by atoms with van der Waals surface area (Å²) in [6.07, 6.45) is 4.68. The second-order valence-electron chi connectivity index (χ2n) is 6.22. The fourth-order valence-corrected chi connectivity index (χ4v) is 3.57. The van der Waals surface area contributed by atoms with E-state index < -0.39 is 0 Å². The second-order valence-corrected chi connectivity index (χ2v) is 6.62. The Morgan fingerprint density at radius 1 is 1.12 bits per heavy atom. The highest BCUT2D eigenvalue weighted by atomic mass is 35.5. The van der Waals surface area contributed by atoms with Crippen molar-refractivity contribution in [2.75, 3.05) is 0 Å². The fraction of sp³-hybridized carbons (Fsp3) is 0.250. The number of aromatic amines is 1. The van der Waals surface area contributed by atoms with Crippen molar-refractivity contribution in [3.63, 3.8) is 0 Å². The van der Waals surface area contributed by atoms with Crippen LogP contribution in [0.1, 0.15) is 40.0 Å². The van der Waals surface area contributed by atoms with Gasteiger partial charge >= 0.3 is 5.97 Å². The molecule has 0 bridgehead atoms. The average molecular weight is 340 g/mol. The quantitative estimate of drug-likeness (QED) is 0.678. The molecule has 0 saturated carbocycles. The lowest BCUT2D eigenvalue weighted by Crippen LogP contribution is -2.05. The van der Waals surface area contributed by atoms with E-state index in [-0.39, 0.29) is 12.6 Å². The zero-order valence-electron chi connectivity index (χ0n) is 13.3. The molecule has 122 valence electrons. The van der Waals surface area contributed by atoms with Crippen LogP contribution in [0.3, 0.4) is 0 Å². The third kappa shape index (κ3) is 2.80. The van der Waals surface area contributed by atoms with E-state index in [1.165, 1.54) is 29.5 Å². The molecular weight excluding hydrogens is 322 g/mol. The maximum Gasteiger partial charge on any atom is 0.338 e. The van der Waals surface area contributed by atoms with E-state index in [1.807, 2.05) is 36.4 Å². The van der Waals surface area contributed by atoms with Gasteiger partial charge in [0, 0.05) is 27.2 Å². The van der Waals surface area contributed by atoms with Crippen LogP contribution in [0.2, 0.25) is 5.02 Å². The van der Waals surface area contributed by atoms with E-state index >= 15 is 0 Å². The van der Waals surface area contributed by atoms with Crippen LogP contribution in [-0.2, 0) is 24.2 Å². The number of esters is 1. The molecule has 1 aliphatic carbocycles. The van der Waals surface area contributed by atoms with E-state index in [1.54, 1.807) is 6.07 Å². The smallest absolute Gasteiger partial charge is 0.338 e. The molecular formula is C20H18ClNO2. The van der Waals surface area contributed by atoms with Gasteiger partial charge in [0.05, 0.1) is 5.56 Å². The third-order valence-corrected chi connectivity index (χ3v) is 5.02. The molecule has 0 amide bonds. The Labute approximate surface area is 145 Å². The van der Waals surface area contributed by atoms with Crippen LogP contribution >= 0.6 is 11.6 Å². The van der Waals surface area contributed by atoms with E-state index in [0.29, 0.717) is 10.6 Å². The summed E-state index contributed by atoms with van der Waals surface area (Å²) < 4.78 is 5.41. The number of benzene rings is 2. The second kappa shape index (κ2) is 6.33. The van der Waals surface area contributed by atoms with Gasteiger partial charge in [-0.2, -0.15) is 0 Å². The minimum absolute atomic E-state index is 0.178.